The maximum atomic E-state index is 13.2. The Morgan fingerprint density at radius 3 is 2.50 bits per heavy atom. The fourth-order valence-corrected chi connectivity index (χ4v) is 3.33. The highest BCUT2D eigenvalue weighted by Crippen LogP contribution is 2.34. The van der Waals surface area contributed by atoms with E-state index in [0.717, 1.165) is 5.69 Å². The SMILES string of the molecule is COc1ccc(C2NC(=O)NC=C2C(=O)c2ccc(-n3ccnc3)cc2)cc1OC. The first-order valence-electron chi connectivity index (χ1n) is 9.23. The Morgan fingerprint density at radius 1 is 1.07 bits per heavy atom. The number of rotatable bonds is 6. The summed E-state index contributed by atoms with van der Waals surface area (Å²) in [5.41, 5.74) is 2.52. The molecule has 1 aromatic heterocycles. The van der Waals surface area contributed by atoms with Crippen LogP contribution in [-0.4, -0.2) is 35.6 Å². The van der Waals surface area contributed by atoms with Gasteiger partial charge in [-0.1, -0.05) is 6.07 Å². The molecular weight excluding hydrogens is 384 g/mol. The van der Waals surface area contributed by atoms with E-state index in [1.807, 2.05) is 22.9 Å². The fraction of sp³-hybridized carbons (Fsp3) is 0.136. The first kappa shape index (κ1) is 19.3. The molecule has 0 radical (unpaired) electrons. The summed E-state index contributed by atoms with van der Waals surface area (Å²) < 4.78 is 12.5. The molecule has 4 rings (SSSR count). The lowest BCUT2D eigenvalue weighted by atomic mass is 9.91. The van der Waals surface area contributed by atoms with Crippen LogP contribution in [-0.2, 0) is 0 Å². The van der Waals surface area contributed by atoms with Gasteiger partial charge in [0.2, 0.25) is 0 Å². The zero-order valence-electron chi connectivity index (χ0n) is 16.5. The number of carbonyl (C=O) groups excluding carboxylic acids is 2. The summed E-state index contributed by atoms with van der Waals surface area (Å²) in [6, 6.07) is 11.5. The molecule has 1 unspecified atom stereocenters. The summed E-state index contributed by atoms with van der Waals surface area (Å²) in [7, 11) is 3.08. The van der Waals surface area contributed by atoms with Crippen molar-refractivity contribution in [1.29, 1.82) is 0 Å². The van der Waals surface area contributed by atoms with Gasteiger partial charge in [-0.25, -0.2) is 9.78 Å². The number of hydrogen-bond acceptors (Lipinski definition) is 5. The van der Waals surface area contributed by atoms with Gasteiger partial charge in [0.25, 0.3) is 0 Å². The molecule has 8 heteroatoms. The molecular formula is C22H20N4O4. The molecule has 1 atom stereocenters. The van der Waals surface area contributed by atoms with Gasteiger partial charge in [-0.15, -0.1) is 0 Å². The third kappa shape index (κ3) is 3.62. The van der Waals surface area contributed by atoms with E-state index in [2.05, 4.69) is 15.6 Å². The van der Waals surface area contributed by atoms with E-state index in [9.17, 15) is 9.59 Å². The number of ketones is 1. The van der Waals surface area contributed by atoms with E-state index in [4.69, 9.17) is 9.47 Å². The van der Waals surface area contributed by atoms with E-state index in [1.54, 1.807) is 50.0 Å². The van der Waals surface area contributed by atoms with Gasteiger partial charge in [-0.3, -0.25) is 4.79 Å². The third-order valence-corrected chi connectivity index (χ3v) is 4.88. The molecule has 1 aliphatic heterocycles. The quantitative estimate of drug-likeness (QED) is 0.616. The molecule has 152 valence electrons. The Kier molecular flexibility index (Phi) is 5.21. The molecule has 1 aliphatic rings. The number of ether oxygens (including phenoxy) is 2. The molecule has 0 saturated heterocycles. The molecule has 2 N–H and O–H groups in total. The van der Waals surface area contributed by atoms with Crippen molar-refractivity contribution in [2.24, 2.45) is 0 Å². The molecule has 0 saturated carbocycles. The zero-order chi connectivity index (χ0) is 21.1. The number of nitrogens with zero attached hydrogens (tertiary/aromatic N) is 2. The second-order valence-corrected chi connectivity index (χ2v) is 6.61. The topological polar surface area (TPSA) is 94.5 Å². The smallest absolute Gasteiger partial charge is 0.319 e. The number of hydrogen-bond donors (Lipinski definition) is 2. The Morgan fingerprint density at radius 2 is 1.83 bits per heavy atom. The standard InChI is InChI=1S/C22H20N4O4/c1-29-18-8-5-15(11-19(18)30-2)20-17(12-24-22(28)25-20)21(27)14-3-6-16(7-4-14)26-10-9-23-13-26/h3-13,20H,1-2H3,(H2,24,25,28). The average Bonchev–Trinajstić information content (AvgIpc) is 3.33. The second-order valence-electron chi connectivity index (χ2n) is 6.61. The van der Waals surface area contributed by atoms with E-state index >= 15 is 0 Å². The van der Waals surface area contributed by atoms with E-state index < -0.39 is 6.04 Å². The van der Waals surface area contributed by atoms with Crippen LogP contribution in [0, 0.1) is 0 Å². The lowest BCUT2D eigenvalue weighted by Crippen LogP contribution is -2.42. The van der Waals surface area contributed by atoms with E-state index in [1.165, 1.54) is 13.3 Å². The summed E-state index contributed by atoms with van der Waals surface area (Å²) in [5, 5.41) is 5.37. The van der Waals surface area contributed by atoms with Crippen LogP contribution in [0.2, 0.25) is 0 Å². The van der Waals surface area contributed by atoms with Crippen molar-refractivity contribution >= 4 is 11.8 Å². The van der Waals surface area contributed by atoms with Gasteiger partial charge >= 0.3 is 6.03 Å². The van der Waals surface area contributed by atoms with Crippen LogP contribution >= 0.6 is 0 Å². The number of Topliss-reactive ketones (excluding diaryl/α,β-unsaturated/α-hetero) is 1. The molecule has 2 heterocycles. The lowest BCUT2D eigenvalue weighted by Gasteiger charge is -2.26. The number of benzene rings is 2. The average molecular weight is 404 g/mol. The minimum atomic E-state index is -0.626. The lowest BCUT2D eigenvalue weighted by molar-refractivity contribution is 0.102. The van der Waals surface area contributed by atoms with Crippen molar-refractivity contribution in [3.63, 3.8) is 0 Å². The summed E-state index contributed by atoms with van der Waals surface area (Å²) >= 11 is 0. The number of nitrogens with one attached hydrogen (secondary N) is 2. The summed E-state index contributed by atoms with van der Waals surface area (Å²) in [6.07, 6.45) is 6.65. The van der Waals surface area contributed by atoms with E-state index in [0.29, 0.717) is 28.2 Å². The molecule has 30 heavy (non-hydrogen) atoms. The van der Waals surface area contributed by atoms with Crippen LogP contribution in [0.4, 0.5) is 4.79 Å². The van der Waals surface area contributed by atoms with Crippen molar-refractivity contribution in [2.45, 2.75) is 6.04 Å². The van der Waals surface area contributed by atoms with Gasteiger partial charge < -0.3 is 24.7 Å². The highest BCUT2D eigenvalue weighted by Gasteiger charge is 2.29. The van der Waals surface area contributed by atoms with Gasteiger partial charge in [0.15, 0.2) is 17.3 Å². The number of urea groups is 1. The number of imidazole rings is 1. The fourth-order valence-electron chi connectivity index (χ4n) is 3.33. The third-order valence-electron chi connectivity index (χ3n) is 4.88. The van der Waals surface area contributed by atoms with Gasteiger partial charge in [0.05, 0.1) is 26.6 Å². The maximum absolute atomic E-state index is 13.2. The monoisotopic (exact) mass is 404 g/mol. The minimum absolute atomic E-state index is 0.195. The van der Waals surface area contributed by atoms with Crippen LogP contribution in [0.5, 0.6) is 11.5 Å². The first-order valence-corrected chi connectivity index (χ1v) is 9.23. The predicted molar refractivity (Wildman–Crippen MR) is 110 cm³/mol. The number of methoxy groups -OCH3 is 2. The largest absolute Gasteiger partial charge is 0.493 e. The summed E-state index contributed by atoms with van der Waals surface area (Å²) in [6.45, 7) is 0. The first-order chi connectivity index (χ1) is 14.6. The number of aromatic nitrogens is 2. The van der Waals surface area contributed by atoms with Crippen molar-refractivity contribution in [3.05, 3.63) is 84.1 Å². The van der Waals surface area contributed by atoms with Crippen molar-refractivity contribution in [3.8, 4) is 17.2 Å². The highest BCUT2D eigenvalue weighted by molar-refractivity contribution is 6.10. The maximum Gasteiger partial charge on any atom is 0.319 e. The molecule has 3 aromatic rings. The van der Waals surface area contributed by atoms with Crippen molar-refractivity contribution in [1.82, 2.24) is 20.2 Å². The Labute approximate surface area is 173 Å². The molecule has 0 spiro atoms. The van der Waals surface area contributed by atoms with Crippen LogP contribution in [0.1, 0.15) is 22.0 Å². The summed E-state index contributed by atoms with van der Waals surface area (Å²) in [4.78, 5) is 29.2. The Bertz CT molecular complexity index is 1100. The molecule has 2 aromatic carbocycles. The number of amides is 2. The molecule has 2 amide bonds. The van der Waals surface area contributed by atoms with Crippen LogP contribution < -0.4 is 20.1 Å². The van der Waals surface area contributed by atoms with Crippen LogP contribution in [0.3, 0.4) is 0 Å². The van der Waals surface area contributed by atoms with Gasteiger partial charge in [-0.05, 0) is 42.0 Å². The summed E-state index contributed by atoms with van der Waals surface area (Å²) in [5.74, 6) is 0.882. The Hall–Kier alpha value is -4.07. The highest BCUT2D eigenvalue weighted by atomic mass is 16.5. The molecule has 8 nitrogen and oxygen atoms in total. The van der Waals surface area contributed by atoms with E-state index in [-0.39, 0.29) is 11.8 Å². The molecule has 0 aliphatic carbocycles. The Balaban J connectivity index is 1.66. The molecule has 0 bridgehead atoms. The normalized spacial score (nSPS) is 15.6. The van der Waals surface area contributed by atoms with Gasteiger partial charge in [0.1, 0.15) is 0 Å². The second kappa shape index (κ2) is 8.12. The van der Waals surface area contributed by atoms with Crippen molar-refractivity contribution < 1.29 is 19.1 Å². The van der Waals surface area contributed by atoms with Crippen molar-refractivity contribution in [2.75, 3.05) is 14.2 Å². The predicted octanol–water partition coefficient (Wildman–Crippen LogP) is 3.01. The van der Waals surface area contributed by atoms with Crippen LogP contribution in [0.15, 0.2) is 73.0 Å². The number of carbonyl (C=O) groups is 2. The molecule has 0 fully saturated rings. The minimum Gasteiger partial charge on any atom is -0.493 e. The van der Waals surface area contributed by atoms with Crippen LogP contribution in [0.25, 0.3) is 5.69 Å². The zero-order valence-corrected chi connectivity index (χ0v) is 16.5. The van der Waals surface area contributed by atoms with Gasteiger partial charge in [-0.2, -0.15) is 0 Å². The van der Waals surface area contributed by atoms with Gasteiger partial charge in [0, 0.05) is 35.4 Å².